The van der Waals surface area contributed by atoms with Gasteiger partial charge in [-0.2, -0.15) is 7.05 Å². The maximum absolute atomic E-state index is 4.17. The molecule has 0 aromatic heterocycles. The summed E-state index contributed by atoms with van der Waals surface area (Å²) in [5.41, 5.74) is 0. The van der Waals surface area contributed by atoms with Gasteiger partial charge in [-0.05, 0) is 0 Å². The number of unbranched alkanes of at least 4 members (excludes halogenated alkanes) is 25. The molecule has 0 aliphatic heterocycles. The molecule has 0 heterocycles. The molecule has 0 aromatic carbocycles. The predicted molar refractivity (Wildman–Crippen MR) is 146 cm³/mol. The minimum Gasteiger partial charge on any atom is -0.665 e. The molecule has 0 saturated heterocycles. The van der Waals surface area contributed by atoms with Gasteiger partial charge in [0.2, 0.25) is 0 Å². The van der Waals surface area contributed by atoms with E-state index < -0.39 is 0 Å². The molecule has 0 bridgehead atoms. The van der Waals surface area contributed by atoms with Crippen LogP contribution >= 0.6 is 0 Å². The van der Waals surface area contributed by atoms with E-state index in [1.54, 1.807) is 0 Å². The van der Waals surface area contributed by atoms with Crippen LogP contribution in [0, 0.1) is 7.43 Å². The van der Waals surface area contributed by atoms with E-state index in [1.165, 1.54) is 167 Å². The molecule has 190 valence electrons. The predicted octanol–water partition coefficient (Wildman–Crippen LogP) is 8.61. The Morgan fingerprint density at radius 1 is 0.344 bits per heavy atom. The van der Waals surface area contributed by atoms with Crippen LogP contribution in [0.3, 0.4) is 0 Å². The van der Waals surface area contributed by atoms with Gasteiger partial charge in [-0.25, -0.2) is 0 Å². The Balaban J connectivity index is -0.00000420. The topological polar surface area (TPSA) is 14.1 Å². The van der Waals surface area contributed by atoms with Crippen molar-refractivity contribution in [2.45, 2.75) is 174 Å². The van der Waals surface area contributed by atoms with E-state index in [4.69, 9.17) is 0 Å². The van der Waals surface area contributed by atoms with Crippen LogP contribution in [0.25, 0.3) is 5.32 Å². The zero-order valence-corrected chi connectivity index (χ0v) is 26.7. The van der Waals surface area contributed by atoms with E-state index >= 15 is 0 Å². The van der Waals surface area contributed by atoms with Crippen LogP contribution in [0.1, 0.15) is 174 Å². The molecule has 0 aliphatic rings. The van der Waals surface area contributed by atoms with Crippen molar-refractivity contribution < 1.29 is 51.4 Å². The summed E-state index contributed by atoms with van der Waals surface area (Å²) in [6.45, 7) is 3.37. The van der Waals surface area contributed by atoms with Gasteiger partial charge in [0.15, 0.2) is 0 Å². The maximum Gasteiger partial charge on any atom is 1.00 e. The molecule has 0 N–H and O–H groups in total. The van der Waals surface area contributed by atoms with E-state index in [-0.39, 0.29) is 58.8 Å². The van der Waals surface area contributed by atoms with Gasteiger partial charge in [-0.15, -0.1) is 6.54 Å². The van der Waals surface area contributed by atoms with E-state index in [0.29, 0.717) is 0 Å². The minimum absolute atomic E-state index is 0. The van der Waals surface area contributed by atoms with Crippen molar-refractivity contribution in [3.05, 3.63) is 12.7 Å². The van der Waals surface area contributed by atoms with Crippen LogP contribution in [-0.4, -0.2) is 13.6 Å². The Hall–Kier alpha value is 1.60. The van der Waals surface area contributed by atoms with Crippen molar-refractivity contribution in [1.29, 1.82) is 0 Å². The first-order valence-electron chi connectivity index (χ1n) is 14.5. The first-order chi connectivity index (χ1) is 14.9. The Morgan fingerprint density at radius 2 is 0.531 bits per heavy atom. The first-order valence-corrected chi connectivity index (χ1v) is 14.5. The summed E-state index contributed by atoms with van der Waals surface area (Å²) in [5, 5.41) is 4.17. The number of rotatable bonds is 27. The molecule has 0 aromatic rings. The maximum atomic E-state index is 4.17. The van der Waals surface area contributed by atoms with Crippen LogP contribution in [-0.2, 0) is 0 Å². The van der Waals surface area contributed by atoms with Crippen molar-refractivity contribution in [3.8, 4) is 0 Å². The fraction of sp³-hybridized carbons (Fsp3) is 0.967. The van der Waals surface area contributed by atoms with E-state index in [1.807, 2.05) is 7.05 Å². The first kappa shape index (κ1) is 38.1. The molecular weight excluding hydrogens is 413 g/mol. The summed E-state index contributed by atoms with van der Waals surface area (Å²) in [7, 11) is 1.93. The quantitative estimate of drug-likeness (QED) is 0.0640. The molecule has 0 fully saturated rings. The average molecular weight is 477 g/mol. The summed E-state index contributed by atoms with van der Waals surface area (Å²) in [6, 6.07) is 0. The molecule has 0 aliphatic carbocycles. The van der Waals surface area contributed by atoms with Gasteiger partial charge in [-0.1, -0.05) is 174 Å². The van der Waals surface area contributed by atoms with Gasteiger partial charge in [0.25, 0.3) is 0 Å². The van der Waals surface area contributed by atoms with Crippen LogP contribution in [0.4, 0.5) is 0 Å². The molecule has 0 saturated carbocycles. The minimum atomic E-state index is 0. The number of nitrogens with zero attached hydrogens (tertiary/aromatic N) is 1. The van der Waals surface area contributed by atoms with E-state index in [9.17, 15) is 0 Å². The van der Waals surface area contributed by atoms with E-state index in [0.717, 1.165) is 6.54 Å². The second-order valence-electron chi connectivity index (χ2n) is 9.88. The van der Waals surface area contributed by atoms with Gasteiger partial charge >= 0.3 is 51.4 Å². The number of hydrogen-bond donors (Lipinski definition) is 0. The standard InChI is InChI=1S/C29H60N.CH3.K/c1-3-4-5-6-7-8-9-10-11-12-13-14-15-16-17-18-19-20-21-22-23-24-25-26-27-28-29-30-2;;/h3-29H2,1-2H3;1H3;/q2*-1;+1. The monoisotopic (exact) mass is 476 g/mol. The van der Waals surface area contributed by atoms with Crippen LogP contribution in [0.15, 0.2) is 0 Å². The third-order valence-electron chi connectivity index (χ3n) is 6.74. The molecular formula is C30H63KN-. The van der Waals surface area contributed by atoms with E-state index in [2.05, 4.69) is 12.2 Å². The average Bonchev–Trinajstić information content (AvgIpc) is 2.76. The van der Waals surface area contributed by atoms with Crippen molar-refractivity contribution in [2.24, 2.45) is 0 Å². The van der Waals surface area contributed by atoms with Crippen molar-refractivity contribution in [3.63, 3.8) is 0 Å². The summed E-state index contributed by atoms with van der Waals surface area (Å²) in [5.74, 6) is 0. The second kappa shape index (κ2) is 37.2. The summed E-state index contributed by atoms with van der Waals surface area (Å²) < 4.78 is 0. The van der Waals surface area contributed by atoms with Crippen LogP contribution < -0.4 is 51.4 Å². The van der Waals surface area contributed by atoms with Crippen molar-refractivity contribution in [1.82, 2.24) is 0 Å². The molecule has 0 amide bonds. The summed E-state index contributed by atoms with van der Waals surface area (Å²) >= 11 is 0. The summed E-state index contributed by atoms with van der Waals surface area (Å²) in [4.78, 5) is 0. The zero-order chi connectivity index (χ0) is 21.8. The zero-order valence-electron chi connectivity index (χ0n) is 23.5. The Bertz CT molecular complexity index is 254. The van der Waals surface area contributed by atoms with Gasteiger partial charge in [0, 0.05) is 0 Å². The molecule has 0 radical (unpaired) electrons. The molecule has 0 rings (SSSR count). The third kappa shape index (κ3) is 36.2. The SMILES string of the molecule is CCCCCCCCCCCCCCCCCCCCCCCCCCCC[N-]C.[CH3-].[K+]. The fourth-order valence-corrected chi connectivity index (χ4v) is 4.59. The Labute approximate surface area is 249 Å². The van der Waals surface area contributed by atoms with Crippen molar-refractivity contribution in [2.75, 3.05) is 13.6 Å². The van der Waals surface area contributed by atoms with Crippen molar-refractivity contribution >= 4 is 0 Å². The second-order valence-corrected chi connectivity index (χ2v) is 9.88. The molecule has 32 heavy (non-hydrogen) atoms. The molecule has 0 unspecified atom stereocenters. The Morgan fingerprint density at radius 3 is 0.719 bits per heavy atom. The normalized spacial score (nSPS) is 10.7. The van der Waals surface area contributed by atoms with Gasteiger partial charge < -0.3 is 12.7 Å². The molecule has 0 atom stereocenters. The summed E-state index contributed by atoms with van der Waals surface area (Å²) in [6.07, 6.45) is 38.0. The molecule has 1 nitrogen and oxygen atoms in total. The largest absolute Gasteiger partial charge is 1.00 e. The Kier molecular flexibility index (Phi) is 44.3. The van der Waals surface area contributed by atoms with Gasteiger partial charge in [0.1, 0.15) is 0 Å². The van der Waals surface area contributed by atoms with Gasteiger partial charge in [-0.3, -0.25) is 0 Å². The fourth-order valence-electron chi connectivity index (χ4n) is 4.59. The van der Waals surface area contributed by atoms with Crippen LogP contribution in [0.2, 0.25) is 0 Å². The smallest absolute Gasteiger partial charge is 0.665 e. The van der Waals surface area contributed by atoms with Crippen LogP contribution in [0.5, 0.6) is 0 Å². The molecule has 2 heteroatoms. The third-order valence-corrected chi connectivity index (χ3v) is 6.74. The number of hydrogen-bond acceptors (Lipinski definition) is 0. The van der Waals surface area contributed by atoms with Gasteiger partial charge in [0.05, 0.1) is 0 Å². The molecule has 0 spiro atoms.